The lowest BCUT2D eigenvalue weighted by Crippen LogP contribution is -2.50. The molecule has 2 amide bonds. The van der Waals surface area contributed by atoms with Gasteiger partial charge in [0.15, 0.2) is 5.78 Å². The van der Waals surface area contributed by atoms with Crippen molar-refractivity contribution in [3.8, 4) is 11.5 Å². The third kappa shape index (κ3) is 7.39. The van der Waals surface area contributed by atoms with Crippen LogP contribution in [0.25, 0.3) is 0 Å². The number of rotatable bonds is 10. The summed E-state index contributed by atoms with van der Waals surface area (Å²) < 4.78 is 58.4. The number of hydrogen-bond acceptors (Lipinski definition) is 6. The molecule has 1 aliphatic heterocycles. The Morgan fingerprint density at radius 1 is 0.925 bits per heavy atom. The summed E-state index contributed by atoms with van der Waals surface area (Å²) in [5.41, 5.74) is 0.813. The lowest BCUT2D eigenvalue weighted by molar-refractivity contribution is -0.125. The van der Waals surface area contributed by atoms with E-state index in [-0.39, 0.29) is 18.1 Å². The zero-order valence-electron chi connectivity index (χ0n) is 22.2. The van der Waals surface area contributed by atoms with Gasteiger partial charge in [0.05, 0.1) is 0 Å². The van der Waals surface area contributed by atoms with Crippen molar-refractivity contribution in [2.75, 3.05) is 6.54 Å². The van der Waals surface area contributed by atoms with Crippen LogP contribution in [0, 0.1) is 17.6 Å². The molecule has 3 aromatic carbocycles. The Labute approximate surface area is 231 Å². The van der Waals surface area contributed by atoms with Crippen molar-refractivity contribution in [3.05, 3.63) is 96.1 Å². The lowest BCUT2D eigenvalue weighted by atomic mass is 10.2. The van der Waals surface area contributed by atoms with Crippen molar-refractivity contribution in [1.29, 1.82) is 0 Å². The summed E-state index contributed by atoms with van der Waals surface area (Å²) in [5, 5.41) is 2.77. The van der Waals surface area contributed by atoms with Gasteiger partial charge in [-0.3, -0.25) is 9.69 Å². The predicted octanol–water partition coefficient (Wildman–Crippen LogP) is 6.52. The summed E-state index contributed by atoms with van der Waals surface area (Å²) in [6, 6.07) is 18.0. The number of benzene rings is 3. The summed E-state index contributed by atoms with van der Waals surface area (Å²) in [4.78, 5) is 27.7. The standard InChI is InChI=1S/C29H31F2N2O6P/c1-20(2)28(32-27(34)26-9-6-18-33(26)29(35)37-19-21-7-4-3-5-8-21)40(36,38-24-14-10-22(30)11-15-24)39-25-16-12-23(31)13-17-25/h3-5,7-8,10-17,20,26,28H,6,9,18-19H2,1-2H3,(H,32,34)/t26-,28+/m0/s1. The number of carbonyl (C=O) groups is 2. The Balaban J connectivity index is 1.53. The van der Waals surface area contributed by atoms with Crippen molar-refractivity contribution in [2.45, 2.75) is 45.1 Å². The lowest BCUT2D eigenvalue weighted by Gasteiger charge is -2.32. The van der Waals surface area contributed by atoms with Crippen molar-refractivity contribution >= 4 is 19.6 Å². The number of likely N-dealkylation sites (tertiary alicyclic amines) is 1. The second-order valence-electron chi connectivity index (χ2n) is 9.72. The van der Waals surface area contributed by atoms with E-state index in [1.807, 2.05) is 30.3 Å². The second-order valence-corrected chi connectivity index (χ2v) is 11.7. The fraction of sp³-hybridized carbons (Fsp3) is 0.310. The van der Waals surface area contributed by atoms with Crippen LogP contribution in [0.1, 0.15) is 32.3 Å². The van der Waals surface area contributed by atoms with Gasteiger partial charge in [-0.1, -0.05) is 44.2 Å². The van der Waals surface area contributed by atoms with Crippen LogP contribution in [0.5, 0.6) is 11.5 Å². The van der Waals surface area contributed by atoms with Crippen LogP contribution in [0.15, 0.2) is 78.9 Å². The summed E-state index contributed by atoms with van der Waals surface area (Å²) in [5.74, 6) is -3.10. The first kappa shape index (κ1) is 29.1. The second kappa shape index (κ2) is 13.0. The molecule has 8 nitrogen and oxygen atoms in total. The third-order valence-electron chi connectivity index (χ3n) is 6.35. The molecule has 4 rings (SSSR count). The van der Waals surface area contributed by atoms with Crippen LogP contribution >= 0.6 is 7.60 Å². The first-order valence-electron chi connectivity index (χ1n) is 12.9. The number of hydrogen-bond donors (Lipinski definition) is 1. The molecule has 11 heteroatoms. The predicted molar refractivity (Wildman–Crippen MR) is 145 cm³/mol. The average Bonchev–Trinajstić information content (AvgIpc) is 3.44. The van der Waals surface area contributed by atoms with Gasteiger partial charge in [-0.15, -0.1) is 0 Å². The molecule has 1 aliphatic rings. The van der Waals surface area contributed by atoms with Gasteiger partial charge in [0.1, 0.15) is 35.8 Å². The molecule has 0 bridgehead atoms. The van der Waals surface area contributed by atoms with Crippen molar-refractivity contribution in [1.82, 2.24) is 10.2 Å². The molecular formula is C29H31F2N2O6P. The largest absolute Gasteiger partial charge is 0.453 e. The van der Waals surface area contributed by atoms with Gasteiger partial charge in [-0.05, 0) is 72.9 Å². The Kier molecular flexibility index (Phi) is 9.42. The molecule has 1 N–H and O–H groups in total. The zero-order valence-corrected chi connectivity index (χ0v) is 23.1. The van der Waals surface area contributed by atoms with Crippen molar-refractivity contribution in [3.63, 3.8) is 0 Å². The number of amides is 2. The molecule has 0 radical (unpaired) electrons. The highest BCUT2D eigenvalue weighted by atomic mass is 31.2. The molecule has 1 heterocycles. The normalized spacial score (nSPS) is 15.9. The molecule has 1 saturated heterocycles. The van der Waals surface area contributed by atoms with Crippen molar-refractivity contribution < 1.29 is 36.7 Å². The van der Waals surface area contributed by atoms with E-state index in [0.29, 0.717) is 19.4 Å². The molecular weight excluding hydrogens is 541 g/mol. The van der Waals surface area contributed by atoms with E-state index in [9.17, 15) is 22.9 Å². The van der Waals surface area contributed by atoms with Crippen LogP contribution in [0.3, 0.4) is 0 Å². The molecule has 2 atom stereocenters. The topological polar surface area (TPSA) is 94.2 Å². The number of halogens is 2. The van der Waals surface area contributed by atoms with Gasteiger partial charge in [0.2, 0.25) is 5.91 Å². The average molecular weight is 573 g/mol. The molecule has 40 heavy (non-hydrogen) atoms. The van der Waals surface area contributed by atoms with Crippen LogP contribution in [-0.4, -0.2) is 35.3 Å². The minimum atomic E-state index is -4.26. The Morgan fingerprint density at radius 2 is 1.48 bits per heavy atom. The number of nitrogens with zero attached hydrogens (tertiary/aromatic N) is 1. The Morgan fingerprint density at radius 3 is 2.00 bits per heavy atom. The molecule has 0 aromatic heterocycles. The van der Waals surface area contributed by atoms with Crippen LogP contribution < -0.4 is 14.4 Å². The van der Waals surface area contributed by atoms with Gasteiger partial charge in [-0.25, -0.2) is 18.1 Å². The third-order valence-corrected chi connectivity index (χ3v) is 8.69. The van der Waals surface area contributed by atoms with Crippen LogP contribution in [0.2, 0.25) is 0 Å². The summed E-state index contributed by atoms with van der Waals surface area (Å²) in [7, 11) is -4.26. The van der Waals surface area contributed by atoms with E-state index in [2.05, 4.69) is 5.32 Å². The summed E-state index contributed by atoms with van der Waals surface area (Å²) >= 11 is 0. The van der Waals surface area contributed by atoms with E-state index < -0.39 is 49.0 Å². The molecule has 0 aliphatic carbocycles. The Hall–Kier alpha value is -3.91. The molecule has 0 unspecified atom stereocenters. The van der Waals surface area contributed by atoms with Gasteiger partial charge < -0.3 is 19.1 Å². The molecule has 1 fully saturated rings. The van der Waals surface area contributed by atoms with Crippen LogP contribution in [-0.2, 0) is 20.7 Å². The monoisotopic (exact) mass is 572 g/mol. The first-order valence-corrected chi connectivity index (χ1v) is 14.5. The molecule has 0 spiro atoms. The SMILES string of the molecule is CC(C)[C@H](NC(=O)[C@@H]1CCCN1C(=O)OCc1ccccc1)P(=O)(Oc1ccc(F)cc1)Oc1ccc(F)cc1. The maximum absolute atomic E-state index is 14.3. The quantitative estimate of drug-likeness (QED) is 0.278. The maximum atomic E-state index is 14.3. The highest BCUT2D eigenvalue weighted by Crippen LogP contribution is 2.54. The summed E-state index contributed by atoms with van der Waals surface area (Å²) in [6.45, 7) is 3.83. The fourth-order valence-corrected chi connectivity index (χ4v) is 6.44. The fourth-order valence-electron chi connectivity index (χ4n) is 4.33. The van der Waals surface area contributed by atoms with Gasteiger partial charge in [0, 0.05) is 6.54 Å². The molecule has 212 valence electrons. The van der Waals surface area contributed by atoms with Crippen LogP contribution in [0.4, 0.5) is 13.6 Å². The Bertz CT molecular complexity index is 1290. The van der Waals surface area contributed by atoms with Gasteiger partial charge in [-0.2, -0.15) is 0 Å². The highest BCUT2D eigenvalue weighted by molar-refractivity contribution is 7.55. The number of nitrogens with one attached hydrogen (secondary N) is 1. The number of ether oxygens (including phenoxy) is 1. The van der Waals surface area contributed by atoms with Crippen molar-refractivity contribution in [2.24, 2.45) is 5.92 Å². The minimum absolute atomic E-state index is 0.0544. The van der Waals surface area contributed by atoms with Gasteiger partial charge in [0.25, 0.3) is 0 Å². The first-order chi connectivity index (χ1) is 19.1. The van der Waals surface area contributed by atoms with E-state index in [1.54, 1.807) is 13.8 Å². The zero-order chi connectivity index (χ0) is 28.7. The highest BCUT2D eigenvalue weighted by Gasteiger charge is 2.45. The van der Waals surface area contributed by atoms with Gasteiger partial charge >= 0.3 is 13.7 Å². The number of carbonyl (C=O) groups excluding carboxylic acids is 2. The van der Waals surface area contributed by atoms with E-state index >= 15 is 0 Å². The smallest absolute Gasteiger partial charge is 0.445 e. The molecule has 0 saturated carbocycles. The minimum Gasteiger partial charge on any atom is -0.445 e. The van der Waals surface area contributed by atoms with E-state index in [0.717, 1.165) is 29.8 Å². The van der Waals surface area contributed by atoms with E-state index in [4.69, 9.17) is 13.8 Å². The molecule has 3 aromatic rings. The summed E-state index contributed by atoms with van der Waals surface area (Å²) in [6.07, 6.45) is 0.343. The van der Waals surface area contributed by atoms with E-state index in [1.165, 1.54) is 29.2 Å². The maximum Gasteiger partial charge on any atom is 0.453 e.